The summed E-state index contributed by atoms with van der Waals surface area (Å²) in [6.45, 7) is 0. The summed E-state index contributed by atoms with van der Waals surface area (Å²) in [4.78, 5) is 3.91. The van der Waals surface area contributed by atoms with Crippen LogP contribution in [0.3, 0.4) is 0 Å². The van der Waals surface area contributed by atoms with E-state index in [0.29, 0.717) is 10.7 Å². The molecule has 0 aliphatic rings. The van der Waals surface area contributed by atoms with Crippen molar-refractivity contribution in [2.75, 3.05) is 0 Å². The van der Waals surface area contributed by atoms with Gasteiger partial charge in [-0.05, 0) is 18.6 Å². The fraction of sp³-hybridized carbons (Fsp3) is 0.444. The normalized spacial score (nSPS) is 13.8. The molecule has 0 saturated carbocycles. The average molecular weight is 254 g/mol. The summed E-state index contributed by atoms with van der Waals surface area (Å²) in [6.07, 6.45) is -3.89. The van der Waals surface area contributed by atoms with Crippen LogP contribution >= 0.6 is 11.6 Å². The maximum atomic E-state index is 12.0. The monoisotopic (exact) mass is 253 g/mol. The van der Waals surface area contributed by atoms with Gasteiger partial charge in [0.15, 0.2) is 0 Å². The predicted octanol–water partition coefficient (Wildman–Crippen LogP) is 2.58. The Morgan fingerprint density at radius 1 is 1.50 bits per heavy atom. The topological polar surface area (TPSA) is 50.9 Å². The molecule has 16 heavy (non-hydrogen) atoms. The SMILES string of the molecule is NNC(CCC(F)(F)F)c1ncccc1Cl. The lowest BCUT2D eigenvalue weighted by atomic mass is 10.1. The Bertz CT molecular complexity index is 343. The minimum absolute atomic E-state index is 0.198. The molecular formula is C9H11ClF3N3. The zero-order valence-corrected chi connectivity index (χ0v) is 9.02. The molecule has 0 aliphatic carbocycles. The number of hydrogen-bond donors (Lipinski definition) is 2. The predicted molar refractivity (Wildman–Crippen MR) is 54.6 cm³/mol. The van der Waals surface area contributed by atoms with Gasteiger partial charge in [0.25, 0.3) is 0 Å². The van der Waals surface area contributed by atoms with Crippen LogP contribution in [0.1, 0.15) is 24.6 Å². The summed E-state index contributed by atoms with van der Waals surface area (Å²) < 4.78 is 36.1. The lowest BCUT2D eigenvalue weighted by molar-refractivity contribution is -0.136. The molecule has 1 atom stereocenters. The van der Waals surface area contributed by atoms with Crippen molar-refractivity contribution in [2.24, 2.45) is 5.84 Å². The Balaban J connectivity index is 2.72. The van der Waals surface area contributed by atoms with E-state index in [9.17, 15) is 13.2 Å². The van der Waals surface area contributed by atoms with E-state index in [4.69, 9.17) is 17.4 Å². The zero-order valence-electron chi connectivity index (χ0n) is 8.26. The van der Waals surface area contributed by atoms with Gasteiger partial charge in [0.05, 0.1) is 16.8 Å². The number of nitrogens with one attached hydrogen (secondary N) is 1. The summed E-state index contributed by atoms with van der Waals surface area (Å²) in [5.74, 6) is 5.19. The van der Waals surface area contributed by atoms with Gasteiger partial charge in [-0.15, -0.1) is 0 Å². The summed E-state index contributed by atoms with van der Waals surface area (Å²) >= 11 is 5.81. The highest BCUT2D eigenvalue weighted by atomic mass is 35.5. The number of nitrogens with two attached hydrogens (primary N) is 1. The first-order chi connectivity index (χ1) is 7.44. The third-order valence-electron chi connectivity index (χ3n) is 2.03. The summed E-state index contributed by atoms with van der Waals surface area (Å²) in [5.41, 5.74) is 2.61. The molecule has 1 heterocycles. The second-order valence-electron chi connectivity index (χ2n) is 3.24. The number of halogens is 4. The summed E-state index contributed by atoms with van der Waals surface area (Å²) in [6, 6.07) is 2.46. The minimum atomic E-state index is -4.21. The van der Waals surface area contributed by atoms with Crippen molar-refractivity contribution in [3.63, 3.8) is 0 Å². The first-order valence-corrected chi connectivity index (χ1v) is 4.95. The molecule has 90 valence electrons. The van der Waals surface area contributed by atoms with Crippen LogP contribution in [0.2, 0.25) is 5.02 Å². The zero-order chi connectivity index (χ0) is 12.2. The average Bonchev–Trinajstić information content (AvgIpc) is 2.20. The van der Waals surface area contributed by atoms with Crippen molar-refractivity contribution < 1.29 is 13.2 Å². The van der Waals surface area contributed by atoms with Crippen LogP contribution in [0.15, 0.2) is 18.3 Å². The lowest BCUT2D eigenvalue weighted by Gasteiger charge is -2.17. The molecule has 3 nitrogen and oxygen atoms in total. The van der Waals surface area contributed by atoms with Crippen molar-refractivity contribution in [1.29, 1.82) is 0 Å². The minimum Gasteiger partial charge on any atom is -0.271 e. The highest BCUT2D eigenvalue weighted by molar-refractivity contribution is 6.31. The molecular weight excluding hydrogens is 243 g/mol. The smallest absolute Gasteiger partial charge is 0.271 e. The molecule has 0 spiro atoms. The number of rotatable bonds is 4. The van der Waals surface area contributed by atoms with E-state index in [0.717, 1.165) is 0 Å². The van der Waals surface area contributed by atoms with E-state index in [1.54, 1.807) is 12.1 Å². The molecule has 3 N–H and O–H groups in total. The van der Waals surface area contributed by atoms with Crippen LogP contribution in [-0.4, -0.2) is 11.2 Å². The maximum Gasteiger partial charge on any atom is 0.389 e. The van der Waals surface area contributed by atoms with Crippen molar-refractivity contribution in [3.8, 4) is 0 Å². The largest absolute Gasteiger partial charge is 0.389 e. The van der Waals surface area contributed by atoms with Crippen LogP contribution in [0, 0.1) is 0 Å². The van der Waals surface area contributed by atoms with Crippen LogP contribution in [0.4, 0.5) is 13.2 Å². The van der Waals surface area contributed by atoms with E-state index in [-0.39, 0.29) is 6.42 Å². The van der Waals surface area contributed by atoms with Gasteiger partial charge < -0.3 is 0 Å². The molecule has 1 aromatic heterocycles. The lowest BCUT2D eigenvalue weighted by Crippen LogP contribution is -2.30. The summed E-state index contributed by atoms with van der Waals surface area (Å²) in [5, 5.41) is 0.299. The van der Waals surface area contributed by atoms with Crippen molar-refractivity contribution in [3.05, 3.63) is 29.0 Å². The highest BCUT2D eigenvalue weighted by Gasteiger charge is 2.29. The number of alkyl halides is 3. The van der Waals surface area contributed by atoms with Gasteiger partial charge in [-0.2, -0.15) is 13.2 Å². The molecule has 0 saturated heterocycles. The van der Waals surface area contributed by atoms with Crippen LogP contribution in [-0.2, 0) is 0 Å². The molecule has 0 fully saturated rings. The Kier molecular flexibility index (Phi) is 4.52. The Morgan fingerprint density at radius 2 is 2.19 bits per heavy atom. The van der Waals surface area contributed by atoms with Gasteiger partial charge in [0.2, 0.25) is 0 Å². The van der Waals surface area contributed by atoms with Gasteiger partial charge >= 0.3 is 6.18 Å². The van der Waals surface area contributed by atoms with Crippen molar-refractivity contribution in [2.45, 2.75) is 25.1 Å². The molecule has 0 radical (unpaired) electrons. The first kappa shape index (κ1) is 13.2. The van der Waals surface area contributed by atoms with Crippen LogP contribution in [0.25, 0.3) is 0 Å². The van der Waals surface area contributed by atoms with Gasteiger partial charge in [0, 0.05) is 12.6 Å². The van der Waals surface area contributed by atoms with E-state index >= 15 is 0 Å². The van der Waals surface area contributed by atoms with Crippen LogP contribution < -0.4 is 11.3 Å². The molecule has 1 aromatic rings. The summed E-state index contributed by atoms with van der Waals surface area (Å²) in [7, 11) is 0. The molecule has 1 unspecified atom stereocenters. The maximum absolute atomic E-state index is 12.0. The van der Waals surface area contributed by atoms with Crippen molar-refractivity contribution in [1.82, 2.24) is 10.4 Å². The molecule has 0 aromatic carbocycles. The fourth-order valence-corrected chi connectivity index (χ4v) is 1.51. The number of hydrogen-bond acceptors (Lipinski definition) is 3. The number of pyridine rings is 1. The standard InChI is InChI=1S/C9H11ClF3N3/c10-6-2-1-5-15-8(6)7(16-14)3-4-9(11,12)13/h1-2,5,7,16H,3-4,14H2. The number of aromatic nitrogens is 1. The van der Waals surface area contributed by atoms with E-state index in [1.807, 2.05) is 0 Å². The van der Waals surface area contributed by atoms with Crippen molar-refractivity contribution >= 4 is 11.6 Å². The van der Waals surface area contributed by atoms with E-state index in [1.165, 1.54) is 6.20 Å². The Morgan fingerprint density at radius 3 is 2.69 bits per heavy atom. The quantitative estimate of drug-likeness (QED) is 0.641. The number of nitrogens with zero attached hydrogens (tertiary/aromatic N) is 1. The van der Waals surface area contributed by atoms with Gasteiger partial charge in [0.1, 0.15) is 0 Å². The van der Waals surface area contributed by atoms with E-state index in [2.05, 4.69) is 10.4 Å². The molecule has 1 rings (SSSR count). The highest BCUT2D eigenvalue weighted by Crippen LogP contribution is 2.28. The molecule has 7 heteroatoms. The third kappa shape index (κ3) is 3.96. The third-order valence-corrected chi connectivity index (χ3v) is 2.35. The fourth-order valence-electron chi connectivity index (χ4n) is 1.26. The second kappa shape index (κ2) is 5.47. The van der Waals surface area contributed by atoms with E-state index < -0.39 is 18.6 Å². The van der Waals surface area contributed by atoms with Crippen LogP contribution in [0.5, 0.6) is 0 Å². The first-order valence-electron chi connectivity index (χ1n) is 4.57. The van der Waals surface area contributed by atoms with Gasteiger partial charge in [-0.3, -0.25) is 16.3 Å². The Labute approximate surface area is 95.8 Å². The number of hydrazine groups is 1. The molecule has 0 amide bonds. The van der Waals surface area contributed by atoms with Gasteiger partial charge in [-0.25, -0.2) is 0 Å². The van der Waals surface area contributed by atoms with Gasteiger partial charge in [-0.1, -0.05) is 11.6 Å². The molecule has 0 aliphatic heterocycles. The second-order valence-corrected chi connectivity index (χ2v) is 3.65. The molecule has 0 bridgehead atoms. The Hall–Kier alpha value is -0.850.